The molecule has 2 N–H and O–H groups in total. The average Bonchev–Trinajstić information content (AvgIpc) is 3.82. The predicted octanol–water partition coefficient (Wildman–Crippen LogP) is 6.35. The Labute approximate surface area is 272 Å². The maximum atomic E-state index is 14.0. The lowest BCUT2D eigenvalue weighted by molar-refractivity contribution is -0.143. The molecule has 9 heteroatoms. The fourth-order valence-electron chi connectivity index (χ4n) is 7.70. The first-order valence-electron chi connectivity index (χ1n) is 15.9. The Kier molecular flexibility index (Phi) is 7.91. The van der Waals surface area contributed by atoms with Gasteiger partial charge in [0.25, 0.3) is 0 Å². The van der Waals surface area contributed by atoms with Crippen LogP contribution in [-0.4, -0.2) is 49.3 Å². The largest absolute Gasteiger partial charge is 0.497 e. The second-order valence-corrected chi connectivity index (χ2v) is 12.2. The van der Waals surface area contributed by atoms with Gasteiger partial charge in [-0.15, -0.1) is 0 Å². The molecule has 0 radical (unpaired) electrons. The van der Waals surface area contributed by atoms with Gasteiger partial charge < -0.3 is 33.9 Å². The summed E-state index contributed by atoms with van der Waals surface area (Å²) in [5.74, 6) is -1.54. The first-order valence-corrected chi connectivity index (χ1v) is 15.9. The molecule has 242 valence electrons. The molecule has 0 spiro atoms. The molecular formula is C38H36O9. The number of carboxylic acid groups (broad SMARTS) is 2. The molecule has 47 heavy (non-hydrogen) atoms. The molecule has 1 aliphatic heterocycles. The lowest BCUT2D eigenvalue weighted by atomic mass is 9.63. The molecule has 9 nitrogen and oxygen atoms in total. The summed E-state index contributed by atoms with van der Waals surface area (Å²) < 4.78 is 28.9. The molecule has 1 heterocycles. The minimum atomic E-state index is -1.18. The SMILES string of the molecule is CCCOc1ccc2c(c1)C(c1ccc(OC)cc1OCC(=O)O)C(C(=O)O)C2(c1ccc2c(c1)CCC2)c1ccc2c(c1)OCO2. The zero-order valence-electron chi connectivity index (χ0n) is 26.3. The standard InChI is InChI=1S/C38H36O9/c1-3-15-44-27-11-13-30-29(18-27)35(28-12-10-26(43-2)19-32(28)45-20-34(39)40)36(37(41)42)38(30,24-8-7-22-5-4-6-23(22)16-24)25-9-14-31-33(17-25)47-21-46-31/h7-14,16-19,35-36H,3-6,15,20-21H2,1-2H3,(H,39,40)(H,41,42). The van der Waals surface area contributed by atoms with Gasteiger partial charge in [0.15, 0.2) is 18.1 Å². The maximum absolute atomic E-state index is 14.0. The van der Waals surface area contributed by atoms with Crippen LogP contribution < -0.4 is 23.7 Å². The van der Waals surface area contributed by atoms with E-state index in [9.17, 15) is 19.8 Å². The highest BCUT2D eigenvalue weighted by Gasteiger charge is 2.59. The van der Waals surface area contributed by atoms with Gasteiger partial charge in [-0.3, -0.25) is 4.79 Å². The summed E-state index contributed by atoms with van der Waals surface area (Å²) in [7, 11) is 1.51. The number of carboxylic acids is 2. The summed E-state index contributed by atoms with van der Waals surface area (Å²) in [5.41, 5.74) is 5.03. The molecule has 0 saturated heterocycles. The Morgan fingerprint density at radius 2 is 1.60 bits per heavy atom. The minimum absolute atomic E-state index is 0.0838. The second kappa shape index (κ2) is 12.2. The fraction of sp³-hybridized carbons (Fsp3) is 0.316. The van der Waals surface area contributed by atoms with Crippen molar-refractivity contribution in [3.05, 3.63) is 112 Å². The van der Waals surface area contributed by atoms with Crippen LogP contribution >= 0.6 is 0 Å². The number of aliphatic carboxylic acids is 2. The second-order valence-electron chi connectivity index (χ2n) is 12.2. The van der Waals surface area contributed by atoms with Crippen LogP contribution in [0.15, 0.2) is 72.8 Å². The monoisotopic (exact) mass is 636 g/mol. The van der Waals surface area contributed by atoms with Crippen molar-refractivity contribution in [2.24, 2.45) is 5.92 Å². The number of hydrogen-bond acceptors (Lipinski definition) is 7. The van der Waals surface area contributed by atoms with E-state index in [1.54, 1.807) is 18.2 Å². The molecule has 7 rings (SSSR count). The molecule has 4 aromatic carbocycles. The van der Waals surface area contributed by atoms with Gasteiger partial charge in [0.2, 0.25) is 6.79 Å². The van der Waals surface area contributed by atoms with Gasteiger partial charge in [0.05, 0.1) is 25.0 Å². The molecule has 4 aromatic rings. The van der Waals surface area contributed by atoms with E-state index in [0.29, 0.717) is 35.2 Å². The van der Waals surface area contributed by atoms with Crippen LogP contribution in [0.1, 0.15) is 64.6 Å². The lowest BCUT2D eigenvalue weighted by Crippen LogP contribution is -2.40. The Morgan fingerprint density at radius 1 is 0.830 bits per heavy atom. The first kappa shape index (κ1) is 30.5. The molecule has 3 aliphatic rings. The van der Waals surface area contributed by atoms with Gasteiger partial charge in [-0.05, 0) is 89.4 Å². The molecule has 2 aliphatic carbocycles. The van der Waals surface area contributed by atoms with Crippen LogP contribution in [0, 0.1) is 5.92 Å². The van der Waals surface area contributed by atoms with Crippen molar-refractivity contribution in [3.63, 3.8) is 0 Å². The van der Waals surface area contributed by atoms with Gasteiger partial charge in [0, 0.05) is 17.5 Å². The van der Waals surface area contributed by atoms with E-state index in [4.69, 9.17) is 23.7 Å². The summed E-state index contributed by atoms with van der Waals surface area (Å²) in [4.78, 5) is 25.6. The number of methoxy groups -OCH3 is 1. The van der Waals surface area contributed by atoms with Crippen LogP contribution in [0.25, 0.3) is 0 Å². The number of aryl methyl sites for hydroxylation is 2. The summed E-state index contributed by atoms with van der Waals surface area (Å²) in [6, 6.07) is 23.0. The highest BCUT2D eigenvalue weighted by Crippen LogP contribution is 2.62. The van der Waals surface area contributed by atoms with Crippen molar-refractivity contribution in [2.75, 3.05) is 27.1 Å². The summed E-state index contributed by atoms with van der Waals surface area (Å²) in [6.07, 6.45) is 3.76. The fourth-order valence-corrected chi connectivity index (χ4v) is 7.70. The summed E-state index contributed by atoms with van der Waals surface area (Å²) in [5, 5.41) is 21.0. The predicted molar refractivity (Wildman–Crippen MR) is 172 cm³/mol. The third-order valence-corrected chi connectivity index (χ3v) is 9.61. The highest BCUT2D eigenvalue weighted by atomic mass is 16.7. The van der Waals surface area contributed by atoms with Gasteiger partial charge in [-0.25, -0.2) is 4.79 Å². The van der Waals surface area contributed by atoms with Crippen LogP contribution in [0.4, 0.5) is 0 Å². The smallest absolute Gasteiger partial charge is 0.341 e. The Hall–Kier alpha value is -5.18. The topological polar surface area (TPSA) is 121 Å². The number of fused-ring (bicyclic) bond motifs is 3. The number of benzene rings is 4. The van der Waals surface area contributed by atoms with Crippen molar-refractivity contribution >= 4 is 11.9 Å². The van der Waals surface area contributed by atoms with E-state index in [0.717, 1.165) is 47.9 Å². The van der Waals surface area contributed by atoms with Crippen LogP contribution in [0.2, 0.25) is 0 Å². The third kappa shape index (κ3) is 5.10. The van der Waals surface area contributed by atoms with E-state index in [1.165, 1.54) is 18.2 Å². The van der Waals surface area contributed by atoms with Crippen LogP contribution in [0.3, 0.4) is 0 Å². The number of ether oxygens (including phenoxy) is 5. The first-order chi connectivity index (χ1) is 22.8. The van der Waals surface area contributed by atoms with Crippen molar-refractivity contribution in [1.82, 2.24) is 0 Å². The molecule has 0 saturated carbocycles. The Morgan fingerprint density at radius 3 is 2.38 bits per heavy atom. The lowest BCUT2D eigenvalue weighted by Gasteiger charge is -2.38. The zero-order valence-corrected chi connectivity index (χ0v) is 26.3. The molecule has 3 atom stereocenters. The summed E-state index contributed by atoms with van der Waals surface area (Å²) >= 11 is 0. The normalized spacial score (nSPS) is 20.4. The van der Waals surface area contributed by atoms with Gasteiger partial charge in [-0.2, -0.15) is 0 Å². The Balaban J connectivity index is 1.55. The minimum Gasteiger partial charge on any atom is -0.497 e. The van der Waals surface area contributed by atoms with Crippen LogP contribution in [0.5, 0.6) is 28.7 Å². The Bertz CT molecular complexity index is 1800. The maximum Gasteiger partial charge on any atom is 0.341 e. The van der Waals surface area contributed by atoms with Gasteiger partial charge in [0.1, 0.15) is 17.2 Å². The average molecular weight is 637 g/mol. The molecule has 0 aromatic heterocycles. The number of rotatable bonds is 11. The molecule has 0 fully saturated rings. The molecule has 0 bridgehead atoms. The summed E-state index contributed by atoms with van der Waals surface area (Å²) in [6.45, 7) is 2.01. The van der Waals surface area contributed by atoms with Crippen molar-refractivity contribution in [1.29, 1.82) is 0 Å². The highest BCUT2D eigenvalue weighted by molar-refractivity contribution is 5.83. The van der Waals surface area contributed by atoms with E-state index >= 15 is 0 Å². The van der Waals surface area contributed by atoms with E-state index < -0.39 is 35.8 Å². The van der Waals surface area contributed by atoms with Crippen molar-refractivity contribution in [3.8, 4) is 28.7 Å². The van der Waals surface area contributed by atoms with E-state index in [2.05, 4.69) is 18.2 Å². The molecular weight excluding hydrogens is 600 g/mol. The van der Waals surface area contributed by atoms with Gasteiger partial charge >= 0.3 is 11.9 Å². The third-order valence-electron chi connectivity index (χ3n) is 9.61. The van der Waals surface area contributed by atoms with Crippen LogP contribution in [-0.2, 0) is 27.8 Å². The molecule has 0 amide bonds. The zero-order chi connectivity index (χ0) is 32.7. The van der Waals surface area contributed by atoms with E-state index in [-0.39, 0.29) is 12.5 Å². The number of carbonyl (C=O) groups is 2. The van der Waals surface area contributed by atoms with E-state index in [1.807, 2.05) is 43.3 Å². The van der Waals surface area contributed by atoms with Crippen molar-refractivity contribution in [2.45, 2.75) is 43.9 Å². The number of hydrogen-bond donors (Lipinski definition) is 2. The van der Waals surface area contributed by atoms with Gasteiger partial charge in [-0.1, -0.05) is 43.3 Å². The van der Waals surface area contributed by atoms with Crippen molar-refractivity contribution < 1.29 is 43.5 Å². The quantitative estimate of drug-likeness (QED) is 0.194. The molecule has 3 unspecified atom stereocenters.